The molecule has 8 heteroatoms. The van der Waals surface area contributed by atoms with Crippen LogP contribution >= 0.6 is 0 Å². The molecule has 0 amide bonds. The standard InChI is InChI=1S/C13H18N8.C5H10/c1-7(2)21-5-9(8(3)20-21)17-13-18-11(14-4)10-12(19-13)16-6-15-10;1-2-5-3-4-5/h5-7H,1-4H3,(H3,14,15,16,17,18,19);5H,2-4H2,1H3. The number of nitrogens with zero attached hydrogens (tertiary/aromatic N) is 5. The average molecular weight is 356 g/mol. The Morgan fingerprint density at radius 3 is 2.62 bits per heavy atom. The van der Waals surface area contributed by atoms with Crippen molar-refractivity contribution in [2.24, 2.45) is 5.92 Å². The number of fused-ring (bicyclic) bond motifs is 1. The number of hydrogen-bond donors (Lipinski definition) is 3. The smallest absolute Gasteiger partial charge is 0.231 e. The molecule has 3 N–H and O–H groups in total. The van der Waals surface area contributed by atoms with Gasteiger partial charge in [-0.15, -0.1) is 0 Å². The molecule has 1 saturated carbocycles. The molecule has 0 unspecified atom stereocenters. The van der Waals surface area contributed by atoms with E-state index in [1.165, 1.54) is 19.3 Å². The van der Waals surface area contributed by atoms with Gasteiger partial charge in [-0.3, -0.25) is 4.68 Å². The van der Waals surface area contributed by atoms with E-state index >= 15 is 0 Å². The summed E-state index contributed by atoms with van der Waals surface area (Å²) in [6.45, 7) is 8.38. The predicted molar refractivity (Wildman–Crippen MR) is 105 cm³/mol. The Labute approximate surface area is 153 Å². The van der Waals surface area contributed by atoms with Crippen LogP contribution in [-0.2, 0) is 0 Å². The van der Waals surface area contributed by atoms with Gasteiger partial charge in [0.1, 0.15) is 5.52 Å². The van der Waals surface area contributed by atoms with Crippen molar-refractivity contribution >= 4 is 28.6 Å². The van der Waals surface area contributed by atoms with Gasteiger partial charge in [0, 0.05) is 19.3 Å². The van der Waals surface area contributed by atoms with Crippen molar-refractivity contribution in [2.75, 3.05) is 17.7 Å². The summed E-state index contributed by atoms with van der Waals surface area (Å²) in [5.41, 5.74) is 3.20. The van der Waals surface area contributed by atoms with E-state index in [-0.39, 0.29) is 0 Å². The summed E-state index contributed by atoms with van der Waals surface area (Å²) in [5, 5.41) is 10.7. The molecule has 0 radical (unpaired) electrons. The first-order valence-electron chi connectivity index (χ1n) is 9.23. The van der Waals surface area contributed by atoms with Crippen LogP contribution in [0.1, 0.15) is 51.8 Å². The molecule has 0 spiro atoms. The minimum absolute atomic E-state index is 0.307. The van der Waals surface area contributed by atoms with Gasteiger partial charge in [0.25, 0.3) is 0 Å². The lowest BCUT2D eigenvalue weighted by Crippen LogP contribution is -2.02. The van der Waals surface area contributed by atoms with Crippen molar-refractivity contribution in [1.82, 2.24) is 29.7 Å². The minimum Gasteiger partial charge on any atom is -0.371 e. The highest BCUT2D eigenvalue weighted by molar-refractivity contribution is 5.84. The van der Waals surface area contributed by atoms with Crippen LogP contribution in [0.5, 0.6) is 0 Å². The Kier molecular flexibility index (Phi) is 5.39. The second kappa shape index (κ2) is 7.72. The number of aromatic amines is 1. The molecule has 1 fully saturated rings. The molecule has 3 aromatic heterocycles. The van der Waals surface area contributed by atoms with E-state index in [2.05, 4.69) is 56.4 Å². The second-order valence-corrected chi connectivity index (χ2v) is 6.93. The summed E-state index contributed by atoms with van der Waals surface area (Å²) in [5.74, 6) is 2.33. The SMILES string of the molecule is CCC1CC1.CNc1nc(Nc2cn(C(C)C)nc2C)nc2nc[nH]c12. The van der Waals surface area contributed by atoms with Gasteiger partial charge in [0.2, 0.25) is 5.95 Å². The molecular weight excluding hydrogens is 328 g/mol. The topological polar surface area (TPSA) is 96.3 Å². The van der Waals surface area contributed by atoms with E-state index in [0.29, 0.717) is 23.5 Å². The summed E-state index contributed by atoms with van der Waals surface area (Å²) >= 11 is 0. The molecule has 0 bridgehead atoms. The van der Waals surface area contributed by atoms with Gasteiger partial charge in [-0.25, -0.2) is 4.98 Å². The maximum Gasteiger partial charge on any atom is 0.231 e. The Hall–Kier alpha value is -2.64. The number of anilines is 3. The summed E-state index contributed by atoms with van der Waals surface area (Å²) < 4.78 is 1.91. The molecule has 0 saturated heterocycles. The number of nitrogens with one attached hydrogen (secondary N) is 3. The van der Waals surface area contributed by atoms with Crippen LogP contribution in [0.25, 0.3) is 11.2 Å². The highest BCUT2D eigenvalue weighted by Crippen LogP contribution is 2.31. The first-order chi connectivity index (χ1) is 12.5. The molecule has 0 aliphatic heterocycles. The van der Waals surface area contributed by atoms with E-state index in [9.17, 15) is 0 Å². The van der Waals surface area contributed by atoms with Crippen molar-refractivity contribution in [2.45, 2.75) is 53.0 Å². The molecule has 3 heterocycles. The summed E-state index contributed by atoms with van der Waals surface area (Å²) in [6.07, 6.45) is 8.00. The fourth-order valence-corrected chi connectivity index (χ4v) is 2.59. The van der Waals surface area contributed by atoms with Crippen LogP contribution in [0.3, 0.4) is 0 Å². The lowest BCUT2D eigenvalue weighted by Gasteiger charge is -2.06. The third kappa shape index (κ3) is 4.12. The van der Waals surface area contributed by atoms with Crippen molar-refractivity contribution in [3.63, 3.8) is 0 Å². The summed E-state index contributed by atoms with van der Waals surface area (Å²) in [6, 6.07) is 0.307. The van der Waals surface area contributed by atoms with Crippen LogP contribution in [-0.4, -0.2) is 36.8 Å². The lowest BCUT2D eigenvalue weighted by molar-refractivity contribution is 0.529. The van der Waals surface area contributed by atoms with Gasteiger partial charge >= 0.3 is 0 Å². The molecule has 0 atom stereocenters. The van der Waals surface area contributed by atoms with Crippen LogP contribution in [0.4, 0.5) is 17.5 Å². The van der Waals surface area contributed by atoms with Gasteiger partial charge in [-0.05, 0) is 26.7 Å². The largest absolute Gasteiger partial charge is 0.371 e. The quantitative estimate of drug-likeness (QED) is 0.639. The van der Waals surface area contributed by atoms with Crippen LogP contribution in [0.15, 0.2) is 12.5 Å². The maximum absolute atomic E-state index is 4.46. The maximum atomic E-state index is 4.46. The summed E-state index contributed by atoms with van der Waals surface area (Å²) in [7, 11) is 1.81. The molecule has 3 aromatic rings. The molecular formula is C18H28N8. The number of imidazole rings is 1. The Balaban J connectivity index is 0.000000339. The number of H-pyrrole nitrogens is 1. The van der Waals surface area contributed by atoms with Crippen molar-refractivity contribution in [1.29, 1.82) is 0 Å². The van der Waals surface area contributed by atoms with Gasteiger partial charge in [0.05, 0.1) is 17.7 Å². The van der Waals surface area contributed by atoms with Crippen molar-refractivity contribution in [3.05, 3.63) is 18.2 Å². The normalized spacial score (nSPS) is 13.6. The molecule has 1 aliphatic carbocycles. The lowest BCUT2D eigenvalue weighted by atomic mass is 10.3. The van der Waals surface area contributed by atoms with Gasteiger partial charge < -0.3 is 15.6 Å². The predicted octanol–water partition coefficient (Wildman–Crippen LogP) is 4.03. The minimum atomic E-state index is 0.307. The van der Waals surface area contributed by atoms with E-state index in [1.807, 2.05) is 24.9 Å². The van der Waals surface area contributed by atoms with Crippen molar-refractivity contribution in [3.8, 4) is 0 Å². The number of hydrogen-bond acceptors (Lipinski definition) is 6. The molecule has 8 nitrogen and oxygen atoms in total. The van der Waals surface area contributed by atoms with Gasteiger partial charge in [-0.2, -0.15) is 15.1 Å². The van der Waals surface area contributed by atoms with E-state index in [0.717, 1.165) is 22.8 Å². The number of aryl methyl sites for hydroxylation is 1. The van der Waals surface area contributed by atoms with Crippen molar-refractivity contribution < 1.29 is 0 Å². The Morgan fingerprint density at radius 1 is 1.31 bits per heavy atom. The highest BCUT2D eigenvalue weighted by Gasteiger charge is 2.17. The Morgan fingerprint density at radius 2 is 2.08 bits per heavy atom. The molecule has 0 aromatic carbocycles. The van der Waals surface area contributed by atoms with E-state index < -0.39 is 0 Å². The fourth-order valence-electron chi connectivity index (χ4n) is 2.59. The summed E-state index contributed by atoms with van der Waals surface area (Å²) in [4.78, 5) is 16.0. The third-order valence-electron chi connectivity index (χ3n) is 4.49. The zero-order valence-corrected chi connectivity index (χ0v) is 16.2. The van der Waals surface area contributed by atoms with E-state index in [1.54, 1.807) is 6.33 Å². The molecule has 1 aliphatic rings. The number of aromatic nitrogens is 6. The van der Waals surface area contributed by atoms with Gasteiger partial charge in [-0.1, -0.05) is 26.2 Å². The third-order valence-corrected chi connectivity index (χ3v) is 4.49. The Bertz CT molecular complexity index is 859. The molecule has 4 rings (SSSR count). The van der Waals surface area contributed by atoms with Gasteiger partial charge in [0.15, 0.2) is 11.5 Å². The second-order valence-electron chi connectivity index (χ2n) is 6.93. The monoisotopic (exact) mass is 356 g/mol. The molecule has 140 valence electrons. The van der Waals surface area contributed by atoms with Crippen LogP contribution in [0, 0.1) is 12.8 Å². The van der Waals surface area contributed by atoms with Crippen LogP contribution < -0.4 is 10.6 Å². The first-order valence-corrected chi connectivity index (χ1v) is 9.23. The van der Waals surface area contributed by atoms with Crippen LogP contribution in [0.2, 0.25) is 0 Å². The number of rotatable bonds is 5. The molecule has 26 heavy (non-hydrogen) atoms. The first kappa shape index (κ1) is 18.2. The zero-order valence-electron chi connectivity index (χ0n) is 16.2. The fraction of sp³-hybridized carbons (Fsp3) is 0.556. The average Bonchev–Trinajstić information content (AvgIpc) is 3.24. The zero-order chi connectivity index (χ0) is 18.7. The highest BCUT2D eigenvalue weighted by atomic mass is 15.3. The van der Waals surface area contributed by atoms with E-state index in [4.69, 9.17) is 0 Å².